The normalized spacial score (nSPS) is 11.3. The fraction of sp³-hybridized carbons (Fsp3) is 0.267. The van der Waals surface area contributed by atoms with Gasteiger partial charge in [-0.05, 0) is 30.3 Å². The first-order valence-corrected chi connectivity index (χ1v) is 7.83. The summed E-state index contributed by atoms with van der Waals surface area (Å²) in [7, 11) is 0. The van der Waals surface area contributed by atoms with Crippen molar-refractivity contribution >= 4 is 38.6 Å². The van der Waals surface area contributed by atoms with Crippen molar-refractivity contribution in [2.45, 2.75) is 19.4 Å². The summed E-state index contributed by atoms with van der Waals surface area (Å²) in [5.41, 5.74) is 2.14. The predicted octanol–water partition coefficient (Wildman–Crippen LogP) is 4.42. The number of benzene rings is 1. The van der Waals surface area contributed by atoms with E-state index < -0.39 is 0 Å². The molecule has 0 saturated heterocycles. The van der Waals surface area contributed by atoms with Crippen molar-refractivity contribution in [3.05, 3.63) is 52.7 Å². The Hall–Kier alpha value is -1.26. The van der Waals surface area contributed by atoms with Gasteiger partial charge in [-0.15, -0.1) is 11.6 Å². The molecule has 0 aliphatic carbocycles. The van der Waals surface area contributed by atoms with E-state index in [0.717, 1.165) is 46.5 Å². The zero-order chi connectivity index (χ0) is 13.9. The summed E-state index contributed by atoms with van der Waals surface area (Å²) in [5, 5.41) is 0. The highest BCUT2D eigenvalue weighted by atomic mass is 79.9. The van der Waals surface area contributed by atoms with Gasteiger partial charge in [0.05, 0.1) is 17.3 Å². The minimum absolute atomic E-state index is 0.575. The summed E-state index contributed by atoms with van der Waals surface area (Å²) in [6.45, 7) is 0.840. The minimum Gasteiger partial charge on any atom is -0.469 e. The molecule has 2 aromatic heterocycles. The molecule has 0 unspecified atom stereocenters. The van der Waals surface area contributed by atoms with Gasteiger partial charge < -0.3 is 8.98 Å². The molecule has 0 aliphatic heterocycles. The van der Waals surface area contributed by atoms with Crippen LogP contribution in [0.25, 0.3) is 11.0 Å². The molecule has 2 heterocycles. The van der Waals surface area contributed by atoms with Crippen molar-refractivity contribution < 1.29 is 4.42 Å². The first-order valence-electron chi connectivity index (χ1n) is 6.51. The van der Waals surface area contributed by atoms with E-state index in [1.54, 1.807) is 6.26 Å². The van der Waals surface area contributed by atoms with Gasteiger partial charge in [-0.1, -0.05) is 15.9 Å². The van der Waals surface area contributed by atoms with Gasteiger partial charge in [-0.3, -0.25) is 0 Å². The second-order valence-corrected chi connectivity index (χ2v) is 5.87. The molecule has 0 N–H and O–H groups in total. The van der Waals surface area contributed by atoms with Gasteiger partial charge in [0, 0.05) is 29.7 Å². The van der Waals surface area contributed by atoms with Crippen molar-refractivity contribution in [1.29, 1.82) is 0 Å². The first kappa shape index (κ1) is 13.7. The topological polar surface area (TPSA) is 31.0 Å². The van der Waals surface area contributed by atoms with Crippen LogP contribution in [0.15, 0.2) is 45.5 Å². The van der Waals surface area contributed by atoms with Gasteiger partial charge in [0.1, 0.15) is 11.6 Å². The van der Waals surface area contributed by atoms with Crippen molar-refractivity contribution in [2.24, 2.45) is 0 Å². The SMILES string of the molecule is ClCCc1nc2ccc(Br)cc2n1CCc1ccco1. The van der Waals surface area contributed by atoms with E-state index in [1.165, 1.54) is 0 Å². The molecule has 0 radical (unpaired) electrons. The van der Waals surface area contributed by atoms with Crippen LogP contribution in [0.4, 0.5) is 0 Å². The van der Waals surface area contributed by atoms with E-state index in [9.17, 15) is 0 Å². The fourth-order valence-corrected chi connectivity index (χ4v) is 2.87. The number of alkyl halides is 1. The molecule has 0 atom stereocenters. The molecule has 3 nitrogen and oxygen atoms in total. The largest absolute Gasteiger partial charge is 0.469 e. The van der Waals surface area contributed by atoms with E-state index in [1.807, 2.05) is 24.3 Å². The Morgan fingerprint density at radius 2 is 2.15 bits per heavy atom. The Kier molecular flexibility index (Phi) is 4.13. The van der Waals surface area contributed by atoms with Crippen LogP contribution in [0, 0.1) is 0 Å². The van der Waals surface area contributed by atoms with Crippen LogP contribution >= 0.6 is 27.5 Å². The summed E-state index contributed by atoms with van der Waals surface area (Å²) in [6.07, 6.45) is 3.32. The summed E-state index contributed by atoms with van der Waals surface area (Å²) in [5.74, 6) is 2.59. The summed E-state index contributed by atoms with van der Waals surface area (Å²) < 4.78 is 8.68. The number of hydrogen-bond acceptors (Lipinski definition) is 2. The molecular formula is C15H14BrClN2O. The van der Waals surface area contributed by atoms with Crippen LogP contribution < -0.4 is 0 Å². The number of halogens is 2. The molecule has 1 aromatic carbocycles. The second kappa shape index (κ2) is 6.02. The maximum Gasteiger partial charge on any atom is 0.111 e. The lowest BCUT2D eigenvalue weighted by Crippen LogP contribution is -2.06. The average Bonchev–Trinajstić information content (AvgIpc) is 3.04. The van der Waals surface area contributed by atoms with Crippen LogP contribution in [0.2, 0.25) is 0 Å². The number of hydrogen-bond donors (Lipinski definition) is 0. The Balaban J connectivity index is 1.96. The van der Waals surface area contributed by atoms with E-state index >= 15 is 0 Å². The lowest BCUT2D eigenvalue weighted by molar-refractivity contribution is 0.490. The van der Waals surface area contributed by atoms with Crippen molar-refractivity contribution in [3.8, 4) is 0 Å². The van der Waals surface area contributed by atoms with Gasteiger partial charge >= 0.3 is 0 Å². The van der Waals surface area contributed by atoms with Crippen molar-refractivity contribution in [3.63, 3.8) is 0 Å². The van der Waals surface area contributed by atoms with E-state index in [-0.39, 0.29) is 0 Å². The Morgan fingerprint density at radius 3 is 2.90 bits per heavy atom. The lowest BCUT2D eigenvalue weighted by Gasteiger charge is -2.07. The smallest absolute Gasteiger partial charge is 0.111 e. The van der Waals surface area contributed by atoms with E-state index in [0.29, 0.717) is 5.88 Å². The Morgan fingerprint density at radius 1 is 1.25 bits per heavy atom. The predicted molar refractivity (Wildman–Crippen MR) is 84.3 cm³/mol. The number of imidazole rings is 1. The molecule has 0 aliphatic rings. The van der Waals surface area contributed by atoms with Crippen LogP contribution in [-0.2, 0) is 19.4 Å². The highest BCUT2D eigenvalue weighted by molar-refractivity contribution is 9.10. The molecule has 0 amide bonds. The molecule has 3 rings (SSSR count). The van der Waals surface area contributed by atoms with Crippen molar-refractivity contribution in [1.82, 2.24) is 9.55 Å². The Bertz CT molecular complexity index is 706. The zero-order valence-electron chi connectivity index (χ0n) is 10.9. The summed E-state index contributed by atoms with van der Waals surface area (Å²) in [4.78, 5) is 4.67. The average molecular weight is 354 g/mol. The van der Waals surface area contributed by atoms with Crippen LogP contribution in [0.1, 0.15) is 11.6 Å². The van der Waals surface area contributed by atoms with Crippen LogP contribution in [0.3, 0.4) is 0 Å². The standard InChI is InChI=1S/C15H14BrClN2O/c16-11-3-4-13-14(10-11)19(15(18-13)5-7-17)8-6-12-2-1-9-20-12/h1-4,9-10H,5-8H2. The number of aromatic nitrogens is 2. The third-order valence-electron chi connectivity index (χ3n) is 3.27. The lowest BCUT2D eigenvalue weighted by atomic mass is 10.3. The van der Waals surface area contributed by atoms with Crippen LogP contribution in [-0.4, -0.2) is 15.4 Å². The summed E-state index contributed by atoms with van der Waals surface area (Å²) in [6, 6.07) is 10.0. The number of furan rings is 1. The quantitative estimate of drug-likeness (QED) is 0.636. The molecule has 3 aromatic rings. The van der Waals surface area contributed by atoms with Gasteiger partial charge in [0.2, 0.25) is 0 Å². The third-order valence-corrected chi connectivity index (χ3v) is 3.95. The molecule has 0 fully saturated rings. The number of aryl methyl sites for hydroxylation is 3. The third kappa shape index (κ3) is 2.76. The number of fused-ring (bicyclic) bond motifs is 1. The van der Waals surface area contributed by atoms with Gasteiger partial charge in [-0.25, -0.2) is 4.98 Å². The molecule has 0 saturated carbocycles. The van der Waals surface area contributed by atoms with Crippen molar-refractivity contribution in [2.75, 3.05) is 5.88 Å². The zero-order valence-corrected chi connectivity index (χ0v) is 13.2. The van der Waals surface area contributed by atoms with Gasteiger partial charge in [0.15, 0.2) is 0 Å². The summed E-state index contributed by atoms with van der Waals surface area (Å²) >= 11 is 9.40. The van der Waals surface area contributed by atoms with Gasteiger partial charge in [-0.2, -0.15) is 0 Å². The Labute approximate surface area is 130 Å². The highest BCUT2D eigenvalue weighted by Gasteiger charge is 2.11. The second-order valence-electron chi connectivity index (χ2n) is 4.58. The van der Waals surface area contributed by atoms with Crippen LogP contribution in [0.5, 0.6) is 0 Å². The monoisotopic (exact) mass is 352 g/mol. The molecule has 20 heavy (non-hydrogen) atoms. The van der Waals surface area contributed by atoms with Gasteiger partial charge in [0.25, 0.3) is 0 Å². The molecule has 104 valence electrons. The maximum atomic E-state index is 5.89. The number of rotatable bonds is 5. The maximum absolute atomic E-state index is 5.89. The molecule has 0 spiro atoms. The van der Waals surface area contributed by atoms with E-state index in [4.69, 9.17) is 16.0 Å². The number of nitrogens with zero attached hydrogens (tertiary/aromatic N) is 2. The molecular weight excluding hydrogens is 340 g/mol. The molecule has 0 bridgehead atoms. The fourth-order valence-electron chi connectivity index (χ4n) is 2.35. The first-order chi connectivity index (χ1) is 9.78. The highest BCUT2D eigenvalue weighted by Crippen LogP contribution is 2.22. The minimum atomic E-state index is 0.575. The molecule has 5 heteroatoms. The van der Waals surface area contributed by atoms with E-state index in [2.05, 4.69) is 31.5 Å².